The van der Waals surface area contributed by atoms with Crippen LogP contribution in [0.2, 0.25) is 5.15 Å². The summed E-state index contributed by atoms with van der Waals surface area (Å²) in [6.07, 6.45) is -2.06. The van der Waals surface area contributed by atoms with Gasteiger partial charge in [0, 0.05) is 6.20 Å². The molecule has 1 aromatic carbocycles. The first kappa shape index (κ1) is 17.7. The highest BCUT2D eigenvalue weighted by molar-refractivity contribution is 6.29. The van der Waals surface area contributed by atoms with E-state index in [1.54, 1.807) is 12.1 Å². The fourth-order valence-corrected chi connectivity index (χ4v) is 1.93. The number of primary amides is 1. The molecule has 0 unspecified atom stereocenters. The van der Waals surface area contributed by atoms with Gasteiger partial charge in [-0.05, 0) is 35.9 Å². The predicted octanol–water partition coefficient (Wildman–Crippen LogP) is 3.23. The van der Waals surface area contributed by atoms with Crippen LogP contribution in [0.15, 0.2) is 47.7 Å². The van der Waals surface area contributed by atoms with Crippen molar-refractivity contribution >= 4 is 29.4 Å². The van der Waals surface area contributed by atoms with Gasteiger partial charge in [0.05, 0.1) is 17.8 Å². The average Bonchev–Trinajstić information content (AvgIpc) is 2.52. The lowest BCUT2D eigenvalue weighted by Gasteiger charge is -2.19. The van der Waals surface area contributed by atoms with Gasteiger partial charge in [-0.25, -0.2) is 4.98 Å². The number of pyridine rings is 1. The number of nitrogens with zero attached hydrogens (tertiary/aromatic N) is 3. The molecule has 1 aromatic heterocycles. The Kier molecular flexibility index (Phi) is 5.40. The molecule has 0 aliphatic rings. The summed E-state index contributed by atoms with van der Waals surface area (Å²) in [5, 5.41) is 5.53. The lowest BCUT2D eigenvalue weighted by Crippen LogP contribution is -2.20. The molecule has 0 spiro atoms. The van der Waals surface area contributed by atoms with E-state index in [-0.39, 0.29) is 6.54 Å². The quantitative estimate of drug-likeness (QED) is 0.508. The lowest BCUT2D eigenvalue weighted by atomic mass is 10.2. The molecule has 2 rings (SSSR count). The van der Waals surface area contributed by atoms with Crippen molar-refractivity contribution in [3.8, 4) is 0 Å². The van der Waals surface area contributed by atoms with Crippen molar-refractivity contribution < 1.29 is 18.0 Å². The normalized spacial score (nSPS) is 11.7. The third-order valence-electron chi connectivity index (χ3n) is 2.94. The molecule has 0 aliphatic carbocycles. The van der Waals surface area contributed by atoms with Gasteiger partial charge in [0.2, 0.25) is 0 Å². The summed E-state index contributed by atoms with van der Waals surface area (Å²) in [5.74, 6) is -0.777. The van der Waals surface area contributed by atoms with E-state index in [9.17, 15) is 18.0 Å². The van der Waals surface area contributed by atoms with Gasteiger partial charge in [0.25, 0.3) is 5.91 Å². The van der Waals surface area contributed by atoms with Crippen molar-refractivity contribution in [2.75, 3.05) is 5.01 Å². The second kappa shape index (κ2) is 7.31. The molecule has 0 atom stereocenters. The molecule has 0 bridgehead atoms. The zero-order valence-corrected chi connectivity index (χ0v) is 12.9. The van der Waals surface area contributed by atoms with Crippen LogP contribution in [-0.4, -0.2) is 17.1 Å². The van der Waals surface area contributed by atoms with Crippen LogP contribution in [0, 0.1) is 0 Å². The zero-order chi connectivity index (χ0) is 17.7. The largest absolute Gasteiger partial charge is 0.416 e. The number of hydrogen-bond donors (Lipinski definition) is 1. The van der Waals surface area contributed by atoms with Crippen LogP contribution in [0.4, 0.5) is 18.9 Å². The molecular weight excluding hydrogens is 345 g/mol. The summed E-state index contributed by atoms with van der Waals surface area (Å²) in [5.41, 5.74) is 5.29. The number of nitrogens with two attached hydrogens (primary N) is 1. The highest BCUT2D eigenvalue weighted by Gasteiger charge is 2.30. The minimum Gasteiger partial charge on any atom is -0.365 e. The molecule has 5 nitrogen and oxygen atoms in total. The number of rotatable bonds is 5. The highest BCUT2D eigenvalue weighted by Crippen LogP contribution is 2.30. The first-order chi connectivity index (χ1) is 11.3. The third kappa shape index (κ3) is 4.95. The Balaban J connectivity index is 2.28. The molecule has 0 saturated carbocycles. The Morgan fingerprint density at radius 3 is 2.42 bits per heavy atom. The molecule has 24 heavy (non-hydrogen) atoms. The fourth-order valence-electron chi connectivity index (χ4n) is 1.82. The Bertz CT molecular complexity index is 730. The molecule has 126 valence electrons. The van der Waals surface area contributed by atoms with Gasteiger partial charge >= 0.3 is 6.18 Å². The van der Waals surface area contributed by atoms with E-state index in [1.165, 1.54) is 23.3 Å². The number of aromatic nitrogens is 1. The van der Waals surface area contributed by atoms with E-state index in [4.69, 9.17) is 17.3 Å². The Morgan fingerprint density at radius 1 is 1.25 bits per heavy atom. The van der Waals surface area contributed by atoms with Crippen LogP contribution in [0.25, 0.3) is 0 Å². The molecule has 1 heterocycles. The van der Waals surface area contributed by atoms with E-state index in [0.717, 1.165) is 18.3 Å². The van der Waals surface area contributed by atoms with Crippen molar-refractivity contribution in [1.29, 1.82) is 0 Å². The molecule has 0 fully saturated rings. The molecule has 2 N–H and O–H groups in total. The average molecular weight is 357 g/mol. The van der Waals surface area contributed by atoms with Crippen molar-refractivity contribution in [2.45, 2.75) is 12.7 Å². The number of carbonyl (C=O) groups is 1. The number of hydrogen-bond acceptors (Lipinski definition) is 4. The molecule has 0 saturated heterocycles. The van der Waals surface area contributed by atoms with Gasteiger partial charge in [-0.3, -0.25) is 9.80 Å². The van der Waals surface area contributed by atoms with E-state index < -0.39 is 17.6 Å². The first-order valence-corrected chi connectivity index (χ1v) is 7.02. The van der Waals surface area contributed by atoms with E-state index >= 15 is 0 Å². The summed E-state index contributed by atoms with van der Waals surface area (Å²) in [7, 11) is 0. The minimum absolute atomic E-state index is 0.166. The summed E-state index contributed by atoms with van der Waals surface area (Å²) in [6.45, 7) is 0.166. The second-order valence-corrected chi connectivity index (χ2v) is 5.13. The van der Waals surface area contributed by atoms with Gasteiger partial charge in [0.15, 0.2) is 0 Å². The van der Waals surface area contributed by atoms with Crippen LogP contribution in [0.5, 0.6) is 0 Å². The number of benzene rings is 1. The minimum atomic E-state index is -4.43. The van der Waals surface area contributed by atoms with Crippen LogP contribution in [-0.2, 0) is 17.5 Å². The molecule has 1 amide bonds. The van der Waals surface area contributed by atoms with Crippen molar-refractivity contribution in [2.24, 2.45) is 10.8 Å². The molecule has 0 radical (unpaired) electrons. The Hall–Kier alpha value is -2.61. The molecule has 2 aromatic rings. The summed E-state index contributed by atoms with van der Waals surface area (Å²) in [4.78, 5) is 14.8. The van der Waals surface area contributed by atoms with Crippen LogP contribution in [0.3, 0.4) is 0 Å². The van der Waals surface area contributed by atoms with Crippen molar-refractivity contribution in [1.82, 2.24) is 4.98 Å². The highest BCUT2D eigenvalue weighted by atomic mass is 35.5. The molecule has 0 aliphatic heterocycles. The lowest BCUT2D eigenvalue weighted by molar-refractivity contribution is -0.137. The Labute approximate surface area is 140 Å². The van der Waals surface area contributed by atoms with Gasteiger partial charge in [-0.15, -0.1) is 0 Å². The summed E-state index contributed by atoms with van der Waals surface area (Å²) in [6, 6.07) is 7.63. The monoisotopic (exact) mass is 356 g/mol. The van der Waals surface area contributed by atoms with Crippen LogP contribution < -0.4 is 10.7 Å². The Morgan fingerprint density at radius 2 is 1.92 bits per heavy atom. The number of carbonyl (C=O) groups excluding carboxylic acids is 1. The summed E-state index contributed by atoms with van der Waals surface area (Å²) < 4.78 is 37.9. The van der Waals surface area contributed by atoms with Gasteiger partial charge in [-0.1, -0.05) is 17.7 Å². The predicted molar refractivity (Wildman–Crippen MR) is 84.6 cm³/mol. The van der Waals surface area contributed by atoms with Gasteiger partial charge in [-0.2, -0.15) is 18.3 Å². The fraction of sp³-hybridized carbons (Fsp3) is 0.133. The number of hydrazone groups is 1. The second-order valence-electron chi connectivity index (χ2n) is 4.74. The maximum atomic E-state index is 12.6. The van der Waals surface area contributed by atoms with Crippen LogP contribution >= 0.6 is 11.6 Å². The van der Waals surface area contributed by atoms with Crippen molar-refractivity contribution in [3.63, 3.8) is 0 Å². The van der Waals surface area contributed by atoms with E-state index in [0.29, 0.717) is 16.4 Å². The standard InChI is InChI=1S/C15H12ClF3N4O/c16-13-6-1-10(7-21-13)9-23(22-8-14(20)24)12-4-2-11(3-5-12)15(17,18)19/h1-8H,9H2,(H2,20,24). The van der Waals surface area contributed by atoms with Crippen LogP contribution in [0.1, 0.15) is 11.1 Å². The number of alkyl halides is 3. The number of halogens is 4. The van der Waals surface area contributed by atoms with E-state index in [1.807, 2.05) is 0 Å². The SMILES string of the molecule is NC(=O)C=NN(Cc1ccc(Cl)nc1)c1ccc(C(F)(F)F)cc1. The molecular formula is C15H12ClF3N4O. The third-order valence-corrected chi connectivity index (χ3v) is 3.16. The van der Waals surface area contributed by atoms with Gasteiger partial charge < -0.3 is 5.73 Å². The number of anilines is 1. The summed E-state index contributed by atoms with van der Waals surface area (Å²) >= 11 is 5.71. The maximum Gasteiger partial charge on any atom is 0.416 e. The smallest absolute Gasteiger partial charge is 0.365 e. The first-order valence-electron chi connectivity index (χ1n) is 6.64. The molecule has 9 heteroatoms. The van der Waals surface area contributed by atoms with Crippen molar-refractivity contribution in [3.05, 3.63) is 58.9 Å². The number of amides is 1. The zero-order valence-electron chi connectivity index (χ0n) is 12.2. The van der Waals surface area contributed by atoms with E-state index in [2.05, 4.69) is 10.1 Å². The van der Waals surface area contributed by atoms with Gasteiger partial charge in [0.1, 0.15) is 11.4 Å². The topological polar surface area (TPSA) is 71.6 Å². The maximum absolute atomic E-state index is 12.6.